The van der Waals surface area contributed by atoms with Crippen LogP contribution in [0.25, 0.3) is 0 Å². The highest BCUT2D eigenvalue weighted by molar-refractivity contribution is 5.76. The second-order valence-corrected chi connectivity index (χ2v) is 5.15. The lowest BCUT2D eigenvalue weighted by atomic mass is 10.2. The van der Waals surface area contributed by atoms with Gasteiger partial charge in [-0.25, -0.2) is 4.79 Å². The Hall–Kier alpha value is -2.68. The number of nitrogens with one attached hydrogen (secondary N) is 2. The second kappa shape index (κ2) is 7.05. The number of ether oxygens (including phenoxy) is 1. The zero-order valence-corrected chi connectivity index (χ0v) is 13.2. The Morgan fingerprint density at radius 2 is 2.22 bits per heavy atom. The summed E-state index contributed by atoms with van der Waals surface area (Å²) in [6.07, 6.45) is 2.98. The van der Waals surface area contributed by atoms with Crippen LogP contribution in [0.3, 0.4) is 0 Å². The Morgan fingerprint density at radius 3 is 2.83 bits per heavy atom. The van der Waals surface area contributed by atoms with Crippen LogP contribution in [0, 0.1) is 6.92 Å². The van der Waals surface area contributed by atoms with Gasteiger partial charge in [0, 0.05) is 32.1 Å². The van der Waals surface area contributed by atoms with Crippen molar-refractivity contribution in [1.82, 2.24) is 24.6 Å². The first-order chi connectivity index (χ1) is 10.9. The summed E-state index contributed by atoms with van der Waals surface area (Å²) in [5.74, 6) is -0.373. The Balaban J connectivity index is 2.14. The van der Waals surface area contributed by atoms with Gasteiger partial charge in [-0.15, -0.1) is 0 Å². The van der Waals surface area contributed by atoms with E-state index < -0.39 is 11.2 Å². The number of hydrogen-bond acceptors (Lipinski definition) is 5. The van der Waals surface area contributed by atoms with E-state index in [0.29, 0.717) is 5.56 Å². The van der Waals surface area contributed by atoms with E-state index in [0.717, 1.165) is 10.3 Å². The minimum Gasteiger partial charge on any atom is -0.382 e. The van der Waals surface area contributed by atoms with Gasteiger partial charge in [0.2, 0.25) is 5.91 Å². The molecule has 2 rings (SSSR count). The SMILES string of the molecule is COC[C@H](NC(=O)Cn1cc(C)c(=O)[nH]c1=O)c1ccnn1C. The first kappa shape index (κ1) is 16.7. The molecule has 2 heterocycles. The molecule has 124 valence electrons. The molecule has 0 spiro atoms. The van der Waals surface area contributed by atoms with Gasteiger partial charge >= 0.3 is 5.69 Å². The highest BCUT2D eigenvalue weighted by atomic mass is 16.5. The molecule has 2 aromatic heterocycles. The van der Waals surface area contributed by atoms with E-state index >= 15 is 0 Å². The first-order valence-electron chi connectivity index (χ1n) is 6.99. The van der Waals surface area contributed by atoms with E-state index in [1.165, 1.54) is 13.3 Å². The molecule has 0 aliphatic heterocycles. The predicted octanol–water partition coefficient (Wildman–Crippen LogP) is -0.918. The summed E-state index contributed by atoms with van der Waals surface area (Å²) in [7, 11) is 3.30. The van der Waals surface area contributed by atoms with Crippen molar-refractivity contribution in [1.29, 1.82) is 0 Å². The summed E-state index contributed by atoms with van der Waals surface area (Å²) in [5.41, 5.74) is 0.0565. The Bertz CT molecular complexity index is 804. The van der Waals surface area contributed by atoms with Crippen molar-refractivity contribution < 1.29 is 9.53 Å². The highest BCUT2D eigenvalue weighted by Crippen LogP contribution is 2.11. The van der Waals surface area contributed by atoms with E-state index in [4.69, 9.17) is 4.74 Å². The topological polar surface area (TPSA) is 111 Å². The maximum absolute atomic E-state index is 12.2. The van der Waals surface area contributed by atoms with Crippen LogP contribution in [-0.2, 0) is 23.1 Å². The Labute approximate surface area is 131 Å². The average Bonchev–Trinajstić information content (AvgIpc) is 2.90. The number of carbonyl (C=O) groups is 1. The monoisotopic (exact) mass is 321 g/mol. The molecule has 9 heteroatoms. The molecule has 23 heavy (non-hydrogen) atoms. The number of methoxy groups -OCH3 is 1. The smallest absolute Gasteiger partial charge is 0.328 e. The van der Waals surface area contributed by atoms with Crippen LogP contribution in [0.5, 0.6) is 0 Å². The number of aromatic amines is 1. The fourth-order valence-corrected chi connectivity index (χ4v) is 2.22. The van der Waals surface area contributed by atoms with Crippen LogP contribution < -0.4 is 16.6 Å². The van der Waals surface area contributed by atoms with E-state index in [2.05, 4.69) is 15.4 Å². The second-order valence-electron chi connectivity index (χ2n) is 5.15. The molecule has 9 nitrogen and oxygen atoms in total. The fourth-order valence-electron chi connectivity index (χ4n) is 2.22. The summed E-state index contributed by atoms with van der Waals surface area (Å²) in [6, 6.07) is 1.39. The van der Waals surface area contributed by atoms with Crippen molar-refractivity contribution in [2.75, 3.05) is 13.7 Å². The van der Waals surface area contributed by atoms with Gasteiger partial charge in [-0.1, -0.05) is 0 Å². The first-order valence-corrected chi connectivity index (χ1v) is 6.99. The molecule has 0 saturated heterocycles. The molecule has 0 aromatic carbocycles. The summed E-state index contributed by atoms with van der Waals surface area (Å²) in [4.78, 5) is 37.4. The van der Waals surface area contributed by atoms with Gasteiger partial charge in [0.25, 0.3) is 5.56 Å². The quantitative estimate of drug-likeness (QED) is 0.715. The maximum Gasteiger partial charge on any atom is 0.328 e. The third-order valence-corrected chi connectivity index (χ3v) is 3.39. The molecule has 0 radical (unpaired) electrons. The molecule has 1 amide bonds. The molecule has 0 aliphatic carbocycles. The van der Waals surface area contributed by atoms with Gasteiger partial charge in [-0.3, -0.25) is 23.8 Å². The molecule has 0 unspecified atom stereocenters. The molecule has 2 N–H and O–H groups in total. The number of H-pyrrole nitrogens is 1. The highest BCUT2D eigenvalue weighted by Gasteiger charge is 2.18. The molecule has 1 atom stereocenters. The molecule has 0 fully saturated rings. The molecule has 0 saturated carbocycles. The average molecular weight is 321 g/mol. The predicted molar refractivity (Wildman–Crippen MR) is 82.0 cm³/mol. The number of amides is 1. The van der Waals surface area contributed by atoms with Gasteiger partial charge in [-0.05, 0) is 13.0 Å². The lowest BCUT2D eigenvalue weighted by molar-refractivity contribution is -0.122. The minimum absolute atomic E-state index is 0.200. The molecule has 0 aliphatic rings. The Morgan fingerprint density at radius 1 is 1.48 bits per heavy atom. The number of rotatable bonds is 6. The van der Waals surface area contributed by atoms with Gasteiger partial charge in [0.05, 0.1) is 18.3 Å². The lowest BCUT2D eigenvalue weighted by Gasteiger charge is -2.18. The van der Waals surface area contributed by atoms with Crippen molar-refractivity contribution in [2.24, 2.45) is 7.05 Å². The van der Waals surface area contributed by atoms with Gasteiger partial charge in [-0.2, -0.15) is 5.10 Å². The van der Waals surface area contributed by atoms with Crippen LogP contribution in [0.4, 0.5) is 0 Å². The van der Waals surface area contributed by atoms with Crippen molar-refractivity contribution in [2.45, 2.75) is 19.5 Å². The molecular formula is C14H19N5O4. The van der Waals surface area contributed by atoms with Gasteiger partial charge in [0.15, 0.2) is 0 Å². The van der Waals surface area contributed by atoms with Gasteiger partial charge in [0.1, 0.15) is 6.54 Å². The standard InChI is InChI=1S/C14H19N5O4/c1-9-6-19(14(22)17-13(9)21)7-12(20)16-10(8-23-3)11-4-5-15-18(11)2/h4-6,10H,7-8H2,1-3H3,(H,16,20)(H,17,21,22)/t10-/m0/s1. The lowest BCUT2D eigenvalue weighted by Crippen LogP contribution is -2.39. The fraction of sp³-hybridized carbons (Fsp3) is 0.429. The van der Waals surface area contributed by atoms with Crippen LogP contribution in [-0.4, -0.2) is 39.0 Å². The Kier molecular flexibility index (Phi) is 5.12. The van der Waals surface area contributed by atoms with E-state index in [1.54, 1.807) is 30.9 Å². The largest absolute Gasteiger partial charge is 0.382 e. The zero-order valence-electron chi connectivity index (χ0n) is 13.2. The number of aryl methyl sites for hydroxylation is 2. The van der Waals surface area contributed by atoms with E-state index in [9.17, 15) is 14.4 Å². The van der Waals surface area contributed by atoms with Crippen LogP contribution in [0.15, 0.2) is 28.0 Å². The maximum atomic E-state index is 12.2. The van der Waals surface area contributed by atoms with E-state index in [1.807, 2.05) is 0 Å². The molecule has 2 aromatic rings. The summed E-state index contributed by atoms with van der Waals surface area (Å²) in [5, 5.41) is 6.86. The van der Waals surface area contributed by atoms with Crippen molar-refractivity contribution >= 4 is 5.91 Å². The van der Waals surface area contributed by atoms with Crippen LogP contribution in [0.2, 0.25) is 0 Å². The van der Waals surface area contributed by atoms with Crippen LogP contribution in [0.1, 0.15) is 17.3 Å². The molecular weight excluding hydrogens is 302 g/mol. The molecule has 0 bridgehead atoms. The van der Waals surface area contributed by atoms with Crippen molar-refractivity contribution in [3.63, 3.8) is 0 Å². The third kappa shape index (κ3) is 3.95. The van der Waals surface area contributed by atoms with E-state index in [-0.39, 0.29) is 25.1 Å². The minimum atomic E-state index is -0.625. The zero-order chi connectivity index (χ0) is 17.0. The summed E-state index contributed by atoms with van der Waals surface area (Å²) < 4.78 is 7.91. The summed E-state index contributed by atoms with van der Waals surface area (Å²) in [6.45, 7) is 1.63. The number of nitrogens with zero attached hydrogens (tertiary/aromatic N) is 3. The number of hydrogen-bond donors (Lipinski definition) is 2. The summed E-state index contributed by atoms with van der Waals surface area (Å²) >= 11 is 0. The van der Waals surface area contributed by atoms with Crippen molar-refractivity contribution in [3.05, 3.63) is 50.6 Å². The van der Waals surface area contributed by atoms with Crippen LogP contribution >= 0.6 is 0 Å². The number of aromatic nitrogens is 4. The third-order valence-electron chi connectivity index (χ3n) is 3.39. The van der Waals surface area contributed by atoms with Gasteiger partial charge < -0.3 is 10.1 Å². The number of carbonyl (C=O) groups excluding carboxylic acids is 1. The van der Waals surface area contributed by atoms with Crippen molar-refractivity contribution in [3.8, 4) is 0 Å². The normalized spacial score (nSPS) is 12.1.